The summed E-state index contributed by atoms with van der Waals surface area (Å²) in [7, 11) is 0. The number of nitriles is 1. The van der Waals surface area contributed by atoms with Gasteiger partial charge < -0.3 is 9.64 Å². The van der Waals surface area contributed by atoms with Crippen LogP contribution in [0.2, 0.25) is 0 Å². The molecule has 2 heterocycles. The van der Waals surface area contributed by atoms with Gasteiger partial charge in [0.05, 0.1) is 6.10 Å². The first kappa shape index (κ1) is 12.8. The minimum Gasteiger partial charge on any atom is -0.377 e. The molecule has 0 spiro atoms. The van der Waals surface area contributed by atoms with Crippen molar-refractivity contribution < 1.29 is 4.74 Å². The summed E-state index contributed by atoms with van der Waals surface area (Å²) in [5.41, 5.74) is 1.45. The lowest BCUT2D eigenvalue weighted by Gasteiger charge is -2.33. The molecule has 0 aromatic carbocycles. The number of rotatable bonds is 3. The van der Waals surface area contributed by atoms with Gasteiger partial charge in [-0.25, -0.2) is 4.98 Å². The molecule has 1 aromatic rings. The van der Waals surface area contributed by atoms with Gasteiger partial charge in [-0.05, 0) is 38.3 Å². The maximum Gasteiger partial charge on any atom is 0.145 e. The van der Waals surface area contributed by atoms with E-state index in [0.717, 1.165) is 43.9 Å². The van der Waals surface area contributed by atoms with Gasteiger partial charge in [0.1, 0.15) is 17.6 Å². The van der Waals surface area contributed by atoms with Crippen LogP contribution in [0.4, 0.5) is 5.82 Å². The molecule has 2 rings (SSSR count). The summed E-state index contributed by atoms with van der Waals surface area (Å²) in [6, 6.07) is 6.10. The minimum absolute atomic E-state index is 0.289. The second-order valence-corrected chi connectivity index (χ2v) is 4.61. The van der Waals surface area contributed by atoms with Crippen molar-refractivity contribution in [2.75, 3.05) is 24.6 Å². The second-order valence-electron chi connectivity index (χ2n) is 4.61. The Morgan fingerprint density at radius 2 is 2.39 bits per heavy atom. The number of ether oxygens (including phenoxy) is 1. The summed E-state index contributed by atoms with van der Waals surface area (Å²) < 4.78 is 5.68. The van der Waals surface area contributed by atoms with Crippen molar-refractivity contribution in [3.8, 4) is 6.07 Å². The van der Waals surface area contributed by atoms with Crippen LogP contribution in [0.25, 0.3) is 0 Å². The fourth-order valence-electron chi connectivity index (χ4n) is 2.33. The Morgan fingerprint density at radius 1 is 1.56 bits per heavy atom. The zero-order valence-corrected chi connectivity index (χ0v) is 11.0. The Bertz CT molecular complexity index is 451. The molecule has 1 unspecified atom stereocenters. The van der Waals surface area contributed by atoms with Gasteiger partial charge in [-0.3, -0.25) is 0 Å². The molecule has 0 saturated carbocycles. The van der Waals surface area contributed by atoms with Gasteiger partial charge in [0, 0.05) is 19.7 Å². The number of hydrogen-bond acceptors (Lipinski definition) is 4. The molecule has 0 aliphatic carbocycles. The van der Waals surface area contributed by atoms with E-state index < -0.39 is 0 Å². The van der Waals surface area contributed by atoms with Gasteiger partial charge in [-0.1, -0.05) is 6.07 Å². The van der Waals surface area contributed by atoms with Gasteiger partial charge in [0.2, 0.25) is 0 Å². The van der Waals surface area contributed by atoms with Crippen LogP contribution in [0.15, 0.2) is 12.1 Å². The molecule has 0 amide bonds. The Hall–Kier alpha value is -1.60. The van der Waals surface area contributed by atoms with Crippen molar-refractivity contribution in [1.29, 1.82) is 5.26 Å². The number of aromatic nitrogens is 1. The average Bonchev–Trinajstić information content (AvgIpc) is 2.40. The van der Waals surface area contributed by atoms with E-state index >= 15 is 0 Å². The fourth-order valence-corrected chi connectivity index (χ4v) is 2.33. The Kier molecular flexibility index (Phi) is 4.16. The molecule has 96 valence electrons. The average molecular weight is 245 g/mol. The van der Waals surface area contributed by atoms with E-state index in [2.05, 4.69) is 16.0 Å². The molecule has 18 heavy (non-hydrogen) atoms. The predicted molar refractivity (Wildman–Crippen MR) is 70.6 cm³/mol. The Balaban J connectivity index is 2.13. The maximum atomic E-state index is 9.02. The summed E-state index contributed by atoms with van der Waals surface area (Å²) >= 11 is 0. The Labute approximate surface area is 108 Å². The van der Waals surface area contributed by atoms with Crippen molar-refractivity contribution >= 4 is 5.82 Å². The molecule has 1 saturated heterocycles. The van der Waals surface area contributed by atoms with E-state index in [4.69, 9.17) is 10.00 Å². The van der Waals surface area contributed by atoms with E-state index in [1.54, 1.807) is 0 Å². The van der Waals surface area contributed by atoms with Gasteiger partial charge in [-0.15, -0.1) is 0 Å². The summed E-state index contributed by atoms with van der Waals surface area (Å²) in [6.07, 6.45) is 2.51. The van der Waals surface area contributed by atoms with Crippen LogP contribution in [0.3, 0.4) is 0 Å². The van der Waals surface area contributed by atoms with Gasteiger partial charge >= 0.3 is 0 Å². The third kappa shape index (κ3) is 2.80. The van der Waals surface area contributed by atoms with E-state index in [9.17, 15) is 0 Å². The molecule has 4 heteroatoms. The lowest BCUT2D eigenvalue weighted by molar-refractivity contribution is 0.0525. The molecule has 1 aliphatic heterocycles. The lowest BCUT2D eigenvalue weighted by Crippen LogP contribution is -2.40. The van der Waals surface area contributed by atoms with Crippen molar-refractivity contribution in [2.24, 2.45) is 0 Å². The number of piperidine rings is 1. The lowest BCUT2D eigenvalue weighted by atomic mass is 10.1. The number of aryl methyl sites for hydroxylation is 1. The van der Waals surface area contributed by atoms with Crippen LogP contribution in [0.5, 0.6) is 0 Å². The molecule has 0 bridgehead atoms. The number of nitrogens with zero attached hydrogens (tertiary/aromatic N) is 3. The monoisotopic (exact) mass is 245 g/mol. The molecule has 1 aromatic heterocycles. The topological polar surface area (TPSA) is 49.1 Å². The molecule has 1 atom stereocenters. The third-order valence-electron chi connectivity index (χ3n) is 3.29. The molecule has 0 radical (unpaired) electrons. The highest BCUT2D eigenvalue weighted by Crippen LogP contribution is 2.20. The van der Waals surface area contributed by atoms with E-state index in [1.165, 1.54) is 0 Å². The van der Waals surface area contributed by atoms with E-state index in [1.807, 2.05) is 26.0 Å². The van der Waals surface area contributed by atoms with Gasteiger partial charge in [-0.2, -0.15) is 5.26 Å². The highest BCUT2D eigenvalue weighted by molar-refractivity contribution is 5.45. The third-order valence-corrected chi connectivity index (χ3v) is 3.29. The minimum atomic E-state index is 0.289. The zero-order chi connectivity index (χ0) is 13.0. The molecular weight excluding hydrogens is 226 g/mol. The number of hydrogen-bond donors (Lipinski definition) is 0. The molecule has 1 fully saturated rings. The second kappa shape index (κ2) is 5.83. The zero-order valence-electron chi connectivity index (χ0n) is 11.0. The van der Waals surface area contributed by atoms with Crippen LogP contribution in [0.1, 0.15) is 31.0 Å². The van der Waals surface area contributed by atoms with Crippen molar-refractivity contribution in [3.05, 3.63) is 23.4 Å². The van der Waals surface area contributed by atoms with Crippen LogP contribution < -0.4 is 4.90 Å². The molecule has 4 nitrogen and oxygen atoms in total. The van der Waals surface area contributed by atoms with Crippen LogP contribution in [-0.2, 0) is 4.74 Å². The highest BCUT2D eigenvalue weighted by Gasteiger charge is 2.21. The highest BCUT2D eigenvalue weighted by atomic mass is 16.5. The van der Waals surface area contributed by atoms with Crippen LogP contribution in [0, 0.1) is 18.3 Å². The largest absolute Gasteiger partial charge is 0.377 e. The van der Waals surface area contributed by atoms with Crippen molar-refractivity contribution in [2.45, 2.75) is 32.8 Å². The quantitative estimate of drug-likeness (QED) is 0.819. The van der Waals surface area contributed by atoms with Crippen LogP contribution in [-0.4, -0.2) is 30.8 Å². The normalized spacial score (nSPS) is 19.6. The first-order valence-corrected chi connectivity index (χ1v) is 6.49. The fraction of sp³-hybridized carbons (Fsp3) is 0.571. The van der Waals surface area contributed by atoms with Crippen molar-refractivity contribution in [3.63, 3.8) is 0 Å². The molecular formula is C14H19N3O. The Morgan fingerprint density at radius 3 is 3.11 bits per heavy atom. The van der Waals surface area contributed by atoms with Gasteiger partial charge in [0.25, 0.3) is 0 Å². The van der Waals surface area contributed by atoms with Gasteiger partial charge in [0.15, 0.2) is 0 Å². The molecule has 1 aliphatic rings. The van der Waals surface area contributed by atoms with E-state index in [0.29, 0.717) is 5.69 Å². The first-order valence-electron chi connectivity index (χ1n) is 6.49. The van der Waals surface area contributed by atoms with Crippen molar-refractivity contribution in [1.82, 2.24) is 4.98 Å². The number of pyridine rings is 1. The SMILES string of the molecule is CCOC1CCCN(c2ccc(C)c(C#N)n2)C1. The van der Waals surface area contributed by atoms with E-state index in [-0.39, 0.29) is 6.10 Å². The standard InChI is InChI=1S/C14H19N3O/c1-3-18-12-5-4-8-17(10-12)14-7-6-11(2)13(9-15)16-14/h6-7,12H,3-5,8,10H2,1-2H3. The summed E-state index contributed by atoms with van der Waals surface area (Å²) in [5, 5.41) is 9.02. The summed E-state index contributed by atoms with van der Waals surface area (Å²) in [6.45, 7) is 6.55. The summed E-state index contributed by atoms with van der Waals surface area (Å²) in [4.78, 5) is 6.63. The predicted octanol–water partition coefficient (Wildman–Crippen LogP) is 2.27. The first-order chi connectivity index (χ1) is 8.74. The smallest absolute Gasteiger partial charge is 0.145 e. The maximum absolute atomic E-state index is 9.02. The van der Waals surface area contributed by atoms with Crippen LogP contribution >= 0.6 is 0 Å². The number of anilines is 1. The summed E-state index contributed by atoms with van der Waals surface area (Å²) in [5.74, 6) is 0.890. The molecule has 0 N–H and O–H groups in total.